The topological polar surface area (TPSA) is 305 Å². The average molecular weight is 539 g/mol. The van der Waals surface area contributed by atoms with Crippen LogP contribution in [0.3, 0.4) is 0 Å². The number of rotatable bonds is 9. The van der Waals surface area contributed by atoms with Gasteiger partial charge in [-0.15, -0.1) is 0 Å². The van der Waals surface area contributed by atoms with E-state index in [0.29, 0.717) is 0 Å². The molecule has 1 aliphatic rings. The van der Waals surface area contributed by atoms with E-state index in [1.807, 2.05) is 0 Å². The predicted octanol–water partition coefficient (Wildman–Crippen LogP) is -4.25. The van der Waals surface area contributed by atoms with Crippen molar-refractivity contribution in [3.8, 4) is 0 Å². The zero-order valence-electron chi connectivity index (χ0n) is 17.5. The molecule has 1 aliphatic heterocycles. The smallest absolute Gasteiger partial charge is 0.394 e. The highest BCUT2D eigenvalue weighted by atomic mass is 31.3. The molecule has 1 aromatic heterocycles. The standard InChI is InChI=1S/C9H15N3O11P2.C5H12O4/c10-5-1-2-12(9(15)11-5)8-7(14)6(13)4(22-8)3-21-25(19,20)23-24(16,17)18;1-3(7)5(9)4(8)2-6/h1-2,4,6-8,13-14H,3H2,(H,19,20)(H2,10,11,15)(H2,16,17,18);3-9H,2H2,1H3/t4-,6-,7-,8-;/m1./s1. The fourth-order valence-electron chi connectivity index (χ4n) is 2.47. The lowest BCUT2D eigenvalue weighted by atomic mass is 10.1. The summed E-state index contributed by atoms with van der Waals surface area (Å²) in [5.41, 5.74) is 4.45. The van der Waals surface area contributed by atoms with Crippen LogP contribution in [-0.4, -0.2) is 105 Å². The second kappa shape index (κ2) is 12.6. The molecule has 4 unspecified atom stereocenters. The Morgan fingerprint density at radius 2 is 1.79 bits per heavy atom. The van der Waals surface area contributed by atoms with Gasteiger partial charge in [-0.2, -0.15) is 9.29 Å². The van der Waals surface area contributed by atoms with Crippen LogP contribution in [0.4, 0.5) is 5.82 Å². The number of nitrogens with two attached hydrogens (primary N) is 1. The first-order valence-corrected chi connectivity index (χ1v) is 12.3. The molecule has 0 aromatic carbocycles. The molecule has 11 N–H and O–H groups in total. The van der Waals surface area contributed by atoms with Gasteiger partial charge in [-0.1, -0.05) is 0 Å². The summed E-state index contributed by atoms with van der Waals surface area (Å²) < 4.78 is 35.8. The van der Waals surface area contributed by atoms with Gasteiger partial charge in [0.2, 0.25) is 0 Å². The van der Waals surface area contributed by atoms with Crippen LogP contribution in [0.1, 0.15) is 13.2 Å². The van der Waals surface area contributed by atoms with Crippen LogP contribution in [0.15, 0.2) is 17.1 Å². The predicted molar refractivity (Wildman–Crippen MR) is 109 cm³/mol. The summed E-state index contributed by atoms with van der Waals surface area (Å²) in [5, 5.41) is 54.0. The highest BCUT2D eigenvalue weighted by Crippen LogP contribution is 2.57. The fraction of sp³-hybridized carbons (Fsp3) is 0.714. The van der Waals surface area contributed by atoms with E-state index in [1.54, 1.807) is 0 Å². The summed E-state index contributed by atoms with van der Waals surface area (Å²) >= 11 is 0. The first kappa shape index (κ1) is 30.7. The lowest BCUT2D eigenvalue weighted by Crippen LogP contribution is -2.37. The summed E-state index contributed by atoms with van der Waals surface area (Å²) in [5.74, 6) is -0.0787. The number of hydrogen-bond acceptors (Lipinski definition) is 14. The van der Waals surface area contributed by atoms with Gasteiger partial charge in [0.15, 0.2) is 6.23 Å². The minimum atomic E-state index is -5.30. The third kappa shape index (κ3) is 9.37. The molecule has 198 valence electrons. The maximum Gasteiger partial charge on any atom is 0.481 e. The van der Waals surface area contributed by atoms with Gasteiger partial charge in [0.05, 0.1) is 19.3 Å². The number of nitrogen functional groups attached to an aromatic ring is 1. The summed E-state index contributed by atoms with van der Waals surface area (Å²) in [6.45, 7) is -0.0741. The van der Waals surface area contributed by atoms with Gasteiger partial charge in [-0.05, 0) is 13.0 Å². The first-order valence-electron chi connectivity index (χ1n) is 9.24. The van der Waals surface area contributed by atoms with Gasteiger partial charge in [0.25, 0.3) is 0 Å². The molecule has 0 amide bonds. The van der Waals surface area contributed by atoms with Crippen LogP contribution in [0.2, 0.25) is 0 Å². The molecule has 20 heteroatoms. The van der Waals surface area contributed by atoms with Crippen molar-refractivity contribution < 1.29 is 68.0 Å². The number of nitrogens with zero attached hydrogens (tertiary/aromatic N) is 2. The van der Waals surface area contributed by atoms with E-state index in [2.05, 4.69) is 13.8 Å². The Morgan fingerprint density at radius 1 is 1.21 bits per heavy atom. The monoisotopic (exact) mass is 539 g/mol. The Balaban J connectivity index is 0.000000546. The van der Waals surface area contributed by atoms with E-state index >= 15 is 0 Å². The van der Waals surface area contributed by atoms with Crippen molar-refractivity contribution >= 4 is 21.5 Å². The number of phosphoric acid groups is 2. The summed E-state index contributed by atoms with van der Waals surface area (Å²) in [6.07, 6.45) is -8.44. The van der Waals surface area contributed by atoms with Gasteiger partial charge >= 0.3 is 21.3 Å². The zero-order chi connectivity index (χ0) is 26.4. The number of anilines is 1. The van der Waals surface area contributed by atoms with Gasteiger partial charge in [0, 0.05) is 6.20 Å². The van der Waals surface area contributed by atoms with Crippen molar-refractivity contribution in [2.75, 3.05) is 18.9 Å². The molecule has 0 aliphatic carbocycles. The van der Waals surface area contributed by atoms with Crippen LogP contribution in [-0.2, 0) is 22.7 Å². The summed E-state index contributed by atoms with van der Waals surface area (Å²) in [7, 11) is -10.5. The Bertz CT molecular complexity index is 939. The molecule has 0 bridgehead atoms. The van der Waals surface area contributed by atoms with Crippen molar-refractivity contribution in [3.05, 3.63) is 22.7 Å². The van der Waals surface area contributed by atoms with Gasteiger partial charge in [-0.3, -0.25) is 9.09 Å². The number of aliphatic hydroxyl groups is 6. The zero-order valence-corrected chi connectivity index (χ0v) is 19.2. The molecular weight excluding hydrogens is 512 g/mol. The van der Waals surface area contributed by atoms with Crippen molar-refractivity contribution in [3.63, 3.8) is 0 Å². The summed E-state index contributed by atoms with van der Waals surface area (Å²) in [6, 6.07) is 1.24. The Hall–Kier alpha value is -1.34. The Morgan fingerprint density at radius 3 is 2.24 bits per heavy atom. The second-order valence-electron chi connectivity index (χ2n) is 6.91. The van der Waals surface area contributed by atoms with E-state index < -0.39 is 77.4 Å². The molecule has 18 nitrogen and oxygen atoms in total. The molecule has 0 saturated carbocycles. The highest BCUT2D eigenvalue weighted by molar-refractivity contribution is 7.60. The first-order chi connectivity index (χ1) is 15.5. The van der Waals surface area contributed by atoms with Crippen molar-refractivity contribution in [1.82, 2.24) is 9.55 Å². The minimum Gasteiger partial charge on any atom is -0.394 e. The molecule has 8 atom stereocenters. The molecule has 0 spiro atoms. The van der Waals surface area contributed by atoms with E-state index in [4.69, 9.17) is 45.6 Å². The van der Waals surface area contributed by atoms with Crippen LogP contribution >= 0.6 is 15.6 Å². The molecule has 1 saturated heterocycles. The lowest BCUT2D eigenvalue weighted by molar-refractivity contribution is -0.0698. The largest absolute Gasteiger partial charge is 0.481 e. The molecule has 1 aromatic rings. The molecule has 2 heterocycles. The highest BCUT2D eigenvalue weighted by Gasteiger charge is 2.45. The van der Waals surface area contributed by atoms with Crippen molar-refractivity contribution in [2.45, 2.75) is 49.8 Å². The van der Waals surface area contributed by atoms with E-state index in [-0.39, 0.29) is 5.82 Å². The molecule has 2 rings (SSSR count). The second-order valence-corrected chi connectivity index (χ2v) is 9.74. The van der Waals surface area contributed by atoms with Crippen LogP contribution < -0.4 is 11.4 Å². The molecule has 34 heavy (non-hydrogen) atoms. The Kier molecular flexibility index (Phi) is 11.3. The van der Waals surface area contributed by atoms with Gasteiger partial charge < -0.3 is 55.8 Å². The van der Waals surface area contributed by atoms with Crippen LogP contribution in [0.25, 0.3) is 0 Å². The van der Waals surface area contributed by atoms with Crippen molar-refractivity contribution in [1.29, 1.82) is 0 Å². The summed E-state index contributed by atoms with van der Waals surface area (Å²) in [4.78, 5) is 41.3. The van der Waals surface area contributed by atoms with E-state index in [0.717, 1.165) is 10.8 Å². The van der Waals surface area contributed by atoms with Crippen LogP contribution in [0.5, 0.6) is 0 Å². The molecular formula is C14H27N3O15P2. The molecule has 0 radical (unpaired) electrons. The van der Waals surface area contributed by atoms with Gasteiger partial charge in [0.1, 0.15) is 36.3 Å². The average Bonchev–Trinajstić information content (AvgIpc) is 2.98. The number of ether oxygens (including phenoxy) is 1. The van der Waals surface area contributed by atoms with E-state index in [9.17, 15) is 24.1 Å². The van der Waals surface area contributed by atoms with E-state index in [1.165, 1.54) is 13.0 Å². The SMILES string of the molecule is CC(O)C(O)C(O)CO.Nc1ccn([C@@H]2O[C@H](COP(=O)(O)OP(=O)(O)O)[C@@H](O)[C@H]2O)c(=O)n1. The fourth-order valence-corrected chi connectivity index (χ4v) is 4.07. The minimum absolute atomic E-state index is 0.0787. The third-order valence-corrected chi connectivity index (χ3v) is 6.30. The van der Waals surface area contributed by atoms with Gasteiger partial charge in [-0.25, -0.2) is 13.9 Å². The number of phosphoric ester groups is 1. The maximum absolute atomic E-state index is 11.7. The number of aliphatic hydroxyl groups excluding tert-OH is 6. The van der Waals surface area contributed by atoms with Crippen molar-refractivity contribution in [2.24, 2.45) is 0 Å². The lowest BCUT2D eigenvalue weighted by Gasteiger charge is -2.17. The maximum atomic E-state index is 11.7. The number of hydrogen-bond donors (Lipinski definition) is 10. The number of aromatic nitrogens is 2. The molecule has 1 fully saturated rings. The quantitative estimate of drug-likeness (QED) is 0.133. The Labute approximate surface area is 191 Å². The normalized spacial score (nSPS) is 27.2. The third-order valence-electron chi connectivity index (χ3n) is 4.15. The van der Waals surface area contributed by atoms with Crippen LogP contribution in [0, 0.1) is 0 Å².